The molecule has 5 nitrogen and oxygen atoms in total. The quantitative estimate of drug-likeness (QED) is 0.508. The first kappa shape index (κ1) is 13.8. The Morgan fingerprint density at radius 2 is 1.83 bits per heavy atom. The van der Waals surface area contributed by atoms with E-state index in [1.165, 1.54) is 6.07 Å². The number of phenolic OH excluding ortho intramolecular Hbond substituents is 1. The molecule has 0 aliphatic carbocycles. The molecule has 1 aromatic heterocycles. The van der Waals surface area contributed by atoms with E-state index in [0.29, 0.717) is 16.2 Å². The third kappa shape index (κ3) is 1.93. The molecule has 4 rings (SSSR count). The summed E-state index contributed by atoms with van der Waals surface area (Å²) in [6.07, 6.45) is 0.174. The molecule has 0 saturated carbocycles. The molecule has 0 fully saturated rings. The lowest BCUT2D eigenvalue weighted by Crippen LogP contribution is -2.36. The lowest BCUT2D eigenvalue weighted by atomic mass is 9.90. The van der Waals surface area contributed by atoms with Gasteiger partial charge in [0.2, 0.25) is 0 Å². The maximum Gasteiger partial charge on any atom is 0.344 e. The molecule has 0 atom stereocenters. The monoisotopic (exact) mass is 310 g/mol. The molecule has 2 heterocycles. The van der Waals surface area contributed by atoms with Gasteiger partial charge in [-0.1, -0.05) is 18.2 Å². The first-order chi connectivity index (χ1) is 10.9. The van der Waals surface area contributed by atoms with Crippen LogP contribution < -0.4 is 10.4 Å². The summed E-state index contributed by atoms with van der Waals surface area (Å²) in [5, 5.41) is 11.8. The molecule has 5 heteroatoms. The third-order valence-electron chi connectivity index (χ3n) is 4.09. The lowest BCUT2D eigenvalue weighted by Gasteiger charge is -2.32. The number of Topliss-reactive ketones (excluding diaryl/α,β-unsaturated/α-hetero) is 1. The van der Waals surface area contributed by atoms with E-state index in [-0.39, 0.29) is 34.8 Å². The van der Waals surface area contributed by atoms with Crippen LogP contribution in [0, 0.1) is 0 Å². The summed E-state index contributed by atoms with van der Waals surface area (Å²) in [5.74, 6) is -0.140. The maximum atomic E-state index is 12.4. The molecule has 0 amide bonds. The first-order valence-corrected chi connectivity index (χ1v) is 7.31. The van der Waals surface area contributed by atoms with Crippen molar-refractivity contribution in [2.45, 2.75) is 25.9 Å². The van der Waals surface area contributed by atoms with E-state index in [0.717, 1.165) is 0 Å². The largest absolute Gasteiger partial charge is 0.507 e. The van der Waals surface area contributed by atoms with E-state index >= 15 is 0 Å². The second-order valence-corrected chi connectivity index (χ2v) is 6.37. The average Bonchev–Trinajstić information content (AvgIpc) is 2.45. The first-order valence-electron chi connectivity index (χ1n) is 7.31. The fourth-order valence-electron chi connectivity index (χ4n) is 3.15. The highest BCUT2D eigenvalue weighted by atomic mass is 16.5. The second-order valence-electron chi connectivity index (χ2n) is 6.37. The highest BCUT2D eigenvalue weighted by molar-refractivity contribution is 6.15. The molecule has 3 aromatic rings. The average molecular weight is 310 g/mol. The molecule has 0 saturated heterocycles. The van der Waals surface area contributed by atoms with Crippen LogP contribution in [-0.2, 0) is 0 Å². The predicted molar refractivity (Wildman–Crippen MR) is 85.3 cm³/mol. The van der Waals surface area contributed by atoms with Crippen molar-refractivity contribution in [3.05, 3.63) is 46.3 Å². The minimum atomic E-state index is -0.692. The fraction of sp³-hybridized carbons (Fsp3) is 0.222. The van der Waals surface area contributed by atoms with Gasteiger partial charge in [-0.05, 0) is 19.9 Å². The predicted octanol–water partition coefficient (Wildman–Crippen LogP) is 3.40. The zero-order valence-corrected chi connectivity index (χ0v) is 12.7. The number of benzene rings is 2. The smallest absolute Gasteiger partial charge is 0.344 e. The third-order valence-corrected chi connectivity index (χ3v) is 4.09. The number of phenols is 1. The van der Waals surface area contributed by atoms with Crippen LogP contribution in [0.3, 0.4) is 0 Å². The lowest BCUT2D eigenvalue weighted by molar-refractivity contribution is 0.0624. The van der Waals surface area contributed by atoms with Crippen molar-refractivity contribution in [3.8, 4) is 11.5 Å². The Morgan fingerprint density at radius 1 is 1.13 bits per heavy atom. The van der Waals surface area contributed by atoms with Crippen LogP contribution in [0.1, 0.15) is 30.6 Å². The standard InChI is InChI=1S/C18H14O5/c1-18(2)8-12(20)15-11(19)7-13-14(16(15)23-18)9-5-3-4-6-10(9)17(21)22-13/h3-7,19H,8H2,1-2H3. The van der Waals surface area contributed by atoms with Gasteiger partial charge in [0.25, 0.3) is 0 Å². The summed E-state index contributed by atoms with van der Waals surface area (Å²) < 4.78 is 11.3. The summed E-state index contributed by atoms with van der Waals surface area (Å²) >= 11 is 0. The number of rotatable bonds is 0. The number of hydrogen-bond donors (Lipinski definition) is 1. The minimum Gasteiger partial charge on any atom is -0.507 e. The topological polar surface area (TPSA) is 76.7 Å². The van der Waals surface area contributed by atoms with E-state index in [9.17, 15) is 14.7 Å². The van der Waals surface area contributed by atoms with Crippen molar-refractivity contribution < 1.29 is 19.1 Å². The van der Waals surface area contributed by atoms with Crippen molar-refractivity contribution in [1.29, 1.82) is 0 Å². The number of aromatic hydroxyl groups is 1. The van der Waals surface area contributed by atoms with Crippen LogP contribution in [0.2, 0.25) is 0 Å². The van der Waals surface area contributed by atoms with Crippen molar-refractivity contribution >= 4 is 27.5 Å². The summed E-state index contributed by atoms with van der Waals surface area (Å²) in [4.78, 5) is 24.5. The molecule has 0 spiro atoms. The zero-order chi connectivity index (χ0) is 16.4. The van der Waals surface area contributed by atoms with E-state index in [1.807, 2.05) is 13.8 Å². The van der Waals surface area contributed by atoms with Gasteiger partial charge in [-0.3, -0.25) is 4.79 Å². The van der Waals surface area contributed by atoms with Crippen molar-refractivity contribution in [3.63, 3.8) is 0 Å². The Morgan fingerprint density at radius 3 is 2.57 bits per heavy atom. The van der Waals surface area contributed by atoms with E-state index in [4.69, 9.17) is 9.15 Å². The molecule has 1 aliphatic heterocycles. The SMILES string of the molecule is CC1(C)CC(=O)c2c(O)cc3oc(=O)c4ccccc4c3c2O1. The van der Waals surface area contributed by atoms with E-state index in [2.05, 4.69) is 0 Å². The Hall–Kier alpha value is -2.82. The van der Waals surface area contributed by atoms with Crippen LogP contribution >= 0.6 is 0 Å². The van der Waals surface area contributed by atoms with Crippen molar-refractivity contribution in [2.24, 2.45) is 0 Å². The van der Waals surface area contributed by atoms with Gasteiger partial charge in [0, 0.05) is 11.5 Å². The van der Waals surface area contributed by atoms with Gasteiger partial charge in [0.15, 0.2) is 5.78 Å². The molecule has 0 radical (unpaired) electrons. The molecule has 1 aliphatic rings. The minimum absolute atomic E-state index is 0.149. The number of fused-ring (bicyclic) bond motifs is 5. The molecule has 1 N–H and O–H groups in total. The summed E-state index contributed by atoms with van der Waals surface area (Å²) in [6, 6.07) is 8.29. The van der Waals surface area contributed by atoms with Crippen molar-refractivity contribution in [1.82, 2.24) is 0 Å². The molecule has 116 valence electrons. The molecule has 0 bridgehead atoms. The van der Waals surface area contributed by atoms with Gasteiger partial charge in [-0.15, -0.1) is 0 Å². The Labute approximate surface area is 131 Å². The summed E-state index contributed by atoms with van der Waals surface area (Å²) in [7, 11) is 0. The molecular formula is C18H14O5. The van der Waals surface area contributed by atoms with E-state index in [1.54, 1.807) is 24.3 Å². The molecule has 0 unspecified atom stereocenters. The Bertz CT molecular complexity index is 1040. The molecular weight excluding hydrogens is 296 g/mol. The Balaban J connectivity index is 2.26. The number of ether oxygens (including phenoxy) is 1. The van der Waals surface area contributed by atoms with Gasteiger partial charge >= 0.3 is 5.63 Å². The van der Waals surface area contributed by atoms with Crippen LogP contribution in [0.15, 0.2) is 39.5 Å². The van der Waals surface area contributed by atoms with Gasteiger partial charge in [0.1, 0.15) is 28.2 Å². The van der Waals surface area contributed by atoms with Crippen LogP contribution in [-0.4, -0.2) is 16.5 Å². The van der Waals surface area contributed by atoms with Crippen molar-refractivity contribution in [2.75, 3.05) is 0 Å². The van der Waals surface area contributed by atoms with Crippen LogP contribution in [0.25, 0.3) is 21.7 Å². The number of hydrogen-bond acceptors (Lipinski definition) is 5. The van der Waals surface area contributed by atoms with Gasteiger partial charge in [-0.2, -0.15) is 0 Å². The maximum absolute atomic E-state index is 12.4. The van der Waals surface area contributed by atoms with Gasteiger partial charge < -0.3 is 14.3 Å². The zero-order valence-electron chi connectivity index (χ0n) is 12.7. The van der Waals surface area contributed by atoms with Crippen LogP contribution in [0.5, 0.6) is 11.5 Å². The highest BCUT2D eigenvalue weighted by Gasteiger charge is 2.36. The van der Waals surface area contributed by atoms with Crippen LogP contribution in [0.4, 0.5) is 0 Å². The second kappa shape index (κ2) is 4.35. The Kier molecular flexibility index (Phi) is 2.61. The highest BCUT2D eigenvalue weighted by Crippen LogP contribution is 2.45. The fourth-order valence-corrected chi connectivity index (χ4v) is 3.15. The number of carbonyl (C=O) groups is 1. The van der Waals surface area contributed by atoms with Gasteiger partial charge in [-0.25, -0.2) is 4.79 Å². The number of carbonyl (C=O) groups excluding carboxylic acids is 1. The normalized spacial score (nSPS) is 16.3. The molecule has 2 aromatic carbocycles. The van der Waals surface area contributed by atoms with E-state index < -0.39 is 11.2 Å². The van der Waals surface area contributed by atoms with Gasteiger partial charge in [0.05, 0.1) is 17.2 Å². The number of ketones is 1. The molecule has 23 heavy (non-hydrogen) atoms. The summed E-state index contributed by atoms with van der Waals surface area (Å²) in [6.45, 7) is 3.62. The summed E-state index contributed by atoms with van der Waals surface area (Å²) in [5.41, 5.74) is -0.831.